The Hall–Kier alpha value is -2.80. The third-order valence-corrected chi connectivity index (χ3v) is 6.35. The second kappa shape index (κ2) is 9.56. The molecule has 2 aliphatic rings. The van der Waals surface area contributed by atoms with E-state index in [0.29, 0.717) is 35.3 Å². The molecule has 0 radical (unpaired) electrons. The third kappa shape index (κ3) is 4.46. The van der Waals surface area contributed by atoms with Crippen LogP contribution >= 0.6 is 0 Å². The van der Waals surface area contributed by atoms with E-state index in [1.54, 1.807) is 32.4 Å². The first-order valence-corrected chi connectivity index (χ1v) is 10.9. The number of amides is 1. The van der Waals surface area contributed by atoms with Crippen LogP contribution in [0.25, 0.3) is 0 Å². The molecule has 31 heavy (non-hydrogen) atoms. The molecule has 1 atom stereocenters. The number of methoxy groups -OCH3 is 2. The van der Waals surface area contributed by atoms with Gasteiger partial charge in [-0.1, -0.05) is 18.2 Å². The minimum Gasteiger partial charge on any atom is -0.496 e. The highest BCUT2D eigenvalue weighted by atomic mass is 19.1. The minimum atomic E-state index is -0.170. The molecule has 1 amide bonds. The molecule has 2 aromatic rings. The smallest absolute Gasteiger partial charge is 0.261 e. The van der Waals surface area contributed by atoms with Crippen LogP contribution in [0.4, 0.5) is 10.1 Å². The third-order valence-electron chi connectivity index (χ3n) is 6.35. The van der Waals surface area contributed by atoms with Crippen LogP contribution in [0.3, 0.4) is 0 Å². The monoisotopic (exact) mass is 427 g/mol. The van der Waals surface area contributed by atoms with Gasteiger partial charge in [-0.25, -0.2) is 4.39 Å². The van der Waals surface area contributed by atoms with E-state index >= 15 is 0 Å². The number of ether oxygens (including phenoxy) is 2. The fourth-order valence-corrected chi connectivity index (χ4v) is 4.69. The number of piperazine rings is 1. The number of nitrogens with zero attached hydrogens (tertiary/aromatic N) is 3. The topological polar surface area (TPSA) is 45.3 Å². The van der Waals surface area contributed by atoms with Crippen molar-refractivity contribution in [2.24, 2.45) is 0 Å². The Labute approximate surface area is 183 Å². The Morgan fingerprint density at radius 3 is 2.26 bits per heavy atom. The largest absolute Gasteiger partial charge is 0.496 e. The molecule has 0 bridgehead atoms. The number of para-hydroxylation sites is 1. The predicted molar refractivity (Wildman–Crippen MR) is 119 cm³/mol. The Bertz CT molecular complexity index is 892. The highest BCUT2D eigenvalue weighted by molar-refractivity contribution is 5.99. The SMILES string of the molecule is COc1cccc(OC)c1C(=O)N1CCC[C@H](N2CCN(c3ccccc3F)CC2)C1. The minimum absolute atomic E-state index is 0.0519. The van der Waals surface area contributed by atoms with Gasteiger partial charge < -0.3 is 19.3 Å². The van der Waals surface area contributed by atoms with Gasteiger partial charge in [-0.3, -0.25) is 9.69 Å². The zero-order valence-electron chi connectivity index (χ0n) is 18.2. The van der Waals surface area contributed by atoms with E-state index in [-0.39, 0.29) is 11.7 Å². The number of anilines is 1. The van der Waals surface area contributed by atoms with Crippen molar-refractivity contribution in [3.8, 4) is 11.5 Å². The van der Waals surface area contributed by atoms with Gasteiger partial charge in [-0.05, 0) is 37.1 Å². The summed E-state index contributed by atoms with van der Waals surface area (Å²) in [6.07, 6.45) is 2.02. The lowest BCUT2D eigenvalue weighted by atomic mass is 10.0. The first-order chi connectivity index (χ1) is 15.1. The van der Waals surface area contributed by atoms with E-state index in [9.17, 15) is 9.18 Å². The van der Waals surface area contributed by atoms with E-state index in [1.807, 2.05) is 23.1 Å². The van der Waals surface area contributed by atoms with Crippen molar-refractivity contribution < 1.29 is 18.7 Å². The molecule has 0 aromatic heterocycles. The summed E-state index contributed by atoms with van der Waals surface area (Å²) < 4.78 is 25.0. The standard InChI is InChI=1S/C24H30FN3O3/c1-30-21-10-5-11-22(31-2)23(21)24(29)28-12-6-7-18(17-28)26-13-15-27(16-14-26)20-9-4-3-8-19(20)25/h3-5,8-11,18H,6-7,12-17H2,1-2H3/t18-/m0/s1. The zero-order valence-corrected chi connectivity index (χ0v) is 18.2. The maximum atomic E-state index is 14.1. The number of hydrogen-bond donors (Lipinski definition) is 0. The predicted octanol–water partition coefficient (Wildman–Crippen LogP) is 3.27. The number of carbonyl (C=O) groups excluding carboxylic acids is 1. The first-order valence-electron chi connectivity index (χ1n) is 10.9. The van der Waals surface area contributed by atoms with E-state index in [1.165, 1.54) is 6.07 Å². The summed E-state index contributed by atoms with van der Waals surface area (Å²) in [6, 6.07) is 12.7. The van der Waals surface area contributed by atoms with Gasteiger partial charge >= 0.3 is 0 Å². The molecule has 0 N–H and O–H groups in total. The molecule has 0 spiro atoms. The van der Waals surface area contributed by atoms with Crippen LogP contribution in [0, 0.1) is 5.82 Å². The molecule has 2 heterocycles. The van der Waals surface area contributed by atoms with Crippen LogP contribution in [0.15, 0.2) is 42.5 Å². The molecule has 2 fully saturated rings. The summed E-state index contributed by atoms with van der Waals surface area (Å²) >= 11 is 0. The van der Waals surface area contributed by atoms with Crippen molar-refractivity contribution in [3.05, 3.63) is 53.8 Å². The lowest BCUT2D eigenvalue weighted by molar-refractivity contribution is 0.0557. The quantitative estimate of drug-likeness (QED) is 0.733. The average Bonchev–Trinajstić information content (AvgIpc) is 2.83. The Morgan fingerprint density at radius 2 is 1.61 bits per heavy atom. The van der Waals surface area contributed by atoms with Gasteiger partial charge in [0.25, 0.3) is 5.91 Å². The number of likely N-dealkylation sites (tertiary alicyclic amines) is 1. The van der Waals surface area contributed by atoms with Crippen LogP contribution in [-0.2, 0) is 0 Å². The van der Waals surface area contributed by atoms with Crippen molar-refractivity contribution in [3.63, 3.8) is 0 Å². The summed E-state index contributed by atoms with van der Waals surface area (Å²) in [5.74, 6) is 0.843. The van der Waals surface area contributed by atoms with Gasteiger partial charge in [-0.2, -0.15) is 0 Å². The van der Waals surface area contributed by atoms with Crippen LogP contribution < -0.4 is 14.4 Å². The van der Waals surface area contributed by atoms with Gasteiger partial charge in [0.05, 0.1) is 19.9 Å². The fourth-order valence-electron chi connectivity index (χ4n) is 4.69. The van der Waals surface area contributed by atoms with Crippen LogP contribution in [0.5, 0.6) is 11.5 Å². The summed E-state index contributed by atoms with van der Waals surface area (Å²) in [6.45, 7) is 4.70. The van der Waals surface area contributed by atoms with Gasteiger partial charge in [0.15, 0.2) is 0 Å². The summed E-state index contributed by atoms with van der Waals surface area (Å²) in [7, 11) is 3.14. The molecule has 0 unspecified atom stereocenters. The Kier molecular flexibility index (Phi) is 6.61. The molecule has 2 saturated heterocycles. The molecule has 166 valence electrons. The molecular formula is C24H30FN3O3. The van der Waals surface area contributed by atoms with Crippen molar-refractivity contribution in [2.75, 3.05) is 58.4 Å². The summed E-state index contributed by atoms with van der Waals surface area (Å²) in [5, 5.41) is 0. The molecule has 7 heteroatoms. The van der Waals surface area contributed by atoms with Crippen LogP contribution in [0.2, 0.25) is 0 Å². The van der Waals surface area contributed by atoms with E-state index in [4.69, 9.17) is 9.47 Å². The number of carbonyl (C=O) groups is 1. The van der Waals surface area contributed by atoms with E-state index < -0.39 is 0 Å². The fraction of sp³-hybridized carbons (Fsp3) is 0.458. The normalized spacial score (nSPS) is 19.9. The van der Waals surface area contributed by atoms with Crippen LogP contribution in [0.1, 0.15) is 23.2 Å². The molecule has 2 aliphatic heterocycles. The summed E-state index contributed by atoms with van der Waals surface area (Å²) in [4.78, 5) is 19.8. The van der Waals surface area contributed by atoms with Gasteiger partial charge in [0.1, 0.15) is 22.9 Å². The van der Waals surface area contributed by atoms with Gasteiger partial charge in [0, 0.05) is 45.3 Å². The number of piperidine rings is 1. The lowest BCUT2D eigenvalue weighted by Gasteiger charge is -2.44. The second-order valence-corrected chi connectivity index (χ2v) is 8.06. The molecular weight excluding hydrogens is 397 g/mol. The van der Waals surface area contributed by atoms with Gasteiger partial charge in [0.2, 0.25) is 0 Å². The van der Waals surface area contributed by atoms with Crippen molar-refractivity contribution in [1.29, 1.82) is 0 Å². The molecule has 6 nitrogen and oxygen atoms in total. The number of rotatable bonds is 5. The van der Waals surface area contributed by atoms with Crippen molar-refractivity contribution in [1.82, 2.24) is 9.80 Å². The second-order valence-electron chi connectivity index (χ2n) is 8.06. The first kappa shape index (κ1) is 21.4. The Balaban J connectivity index is 1.42. The molecule has 0 saturated carbocycles. The Morgan fingerprint density at radius 1 is 0.935 bits per heavy atom. The number of benzene rings is 2. The highest BCUT2D eigenvalue weighted by Gasteiger charge is 2.32. The van der Waals surface area contributed by atoms with E-state index in [0.717, 1.165) is 45.6 Å². The van der Waals surface area contributed by atoms with E-state index in [2.05, 4.69) is 9.80 Å². The number of hydrogen-bond acceptors (Lipinski definition) is 5. The maximum Gasteiger partial charge on any atom is 0.261 e. The zero-order chi connectivity index (χ0) is 21.8. The maximum absolute atomic E-state index is 14.1. The van der Waals surface area contributed by atoms with Crippen molar-refractivity contribution >= 4 is 11.6 Å². The lowest BCUT2D eigenvalue weighted by Crippen LogP contribution is -2.56. The average molecular weight is 428 g/mol. The van der Waals surface area contributed by atoms with Crippen molar-refractivity contribution in [2.45, 2.75) is 18.9 Å². The molecule has 2 aromatic carbocycles. The summed E-state index contributed by atoms with van der Waals surface area (Å²) in [5.41, 5.74) is 1.16. The number of halogens is 1. The molecule has 0 aliphatic carbocycles. The molecule has 4 rings (SSSR count). The van der Waals surface area contributed by atoms with Gasteiger partial charge in [-0.15, -0.1) is 0 Å². The highest BCUT2D eigenvalue weighted by Crippen LogP contribution is 2.31. The van der Waals surface area contributed by atoms with Crippen LogP contribution in [-0.4, -0.2) is 75.2 Å².